The Morgan fingerprint density at radius 1 is 1.19 bits per heavy atom. The quantitative estimate of drug-likeness (QED) is 0.355. The molecule has 0 aliphatic rings. The summed E-state index contributed by atoms with van der Waals surface area (Å²) < 4.78 is 12.6. The van der Waals surface area contributed by atoms with E-state index < -0.39 is 0 Å². The summed E-state index contributed by atoms with van der Waals surface area (Å²) in [6, 6.07) is 7.92. The maximum Gasteiger partial charge on any atom is 0.191 e. The van der Waals surface area contributed by atoms with Crippen LogP contribution in [0.3, 0.4) is 0 Å². The van der Waals surface area contributed by atoms with Crippen molar-refractivity contribution in [2.75, 3.05) is 26.9 Å². The Balaban J connectivity index is 1.94. The number of guanidine groups is 1. The third-order valence-corrected chi connectivity index (χ3v) is 3.99. The molecule has 0 spiro atoms. The van der Waals surface area contributed by atoms with Crippen LogP contribution in [0.1, 0.15) is 31.7 Å². The molecule has 0 radical (unpaired) electrons. The van der Waals surface area contributed by atoms with E-state index in [2.05, 4.69) is 32.7 Å². The molecule has 0 aliphatic carbocycles. The molecule has 0 atom stereocenters. The second-order valence-electron chi connectivity index (χ2n) is 5.88. The molecule has 0 saturated heterocycles. The van der Waals surface area contributed by atoms with Crippen LogP contribution in [0.5, 0.6) is 5.75 Å². The zero-order valence-corrected chi connectivity index (χ0v) is 16.4. The molecule has 1 aromatic carbocycles. The molecule has 0 unspecified atom stereocenters. The van der Waals surface area contributed by atoms with Crippen LogP contribution in [0.4, 0.5) is 0 Å². The average molecular weight is 374 g/mol. The molecule has 0 saturated carbocycles. The second kappa shape index (κ2) is 11.9. The molecule has 148 valence electrons. The highest BCUT2D eigenvalue weighted by Crippen LogP contribution is 2.11. The SMILES string of the molecule is CCOCCCNC(=NCc1ccc(OC)cc1)NCc1nncn1CC. The number of hydrogen-bond acceptors (Lipinski definition) is 5. The summed E-state index contributed by atoms with van der Waals surface area (Å²) in [5.41, 5.74) is 1.11. The number of rotatable bonds is 11. The minimum atomic E-state index is 0.563. The summed E-state index contributed by atoms with van der Waals surface area (Å²) in [5, 5.41) is 14.8. The van der Waals surface area contributed by atoms with Crippen molar-refractivity contribution < 1.29 is 9.47 Å². The maximum absolute atomic E-state index is 5.38. The van der Waals surface area contributed by atoms with Gasteiger partial charge in [-0.15, -0.1) is 10.2 Å². The van der Waals surface area contributed by atoms with Gasteiger partial charge >= 0.3 is 0 Å². The lowest BCUT2D eigenvalue weighted by molar-refractivity contribution is 0.145. The van der Waals surface area contributed by atoms with Crippen LogP contribution in [0, 0.1) is 0 Å². The summed E-state index contributed by atoms with van der Waals surface area (Å²) in [7, 11) is 1.66. The molecule has 1 aromatic heterocycles. The van der Waals surface area contributed by atoms with E-state index in [0.717, 1.165) is 55.8 Å². The first-order valence-electron chi connectivity index (χ1n) is 9.36. The number of nitrogens with one attached hydrogen (secondary N) is 2. The standard InChI is InChI=1S/C19H30N6O2/c1-4-25-15-23-24-18(25)14-22-19(20-11-6-12-27-5-2)21-13-16-7-9-17(26-3)10-8-16/h7-10,15H,4-6,11-14H2,1-3H3,(H2,20,21,22). The molecule has 0 bridgehead atoms. The topological polar surface area (TPSA) is 85.6 Å². The van der Waals surface area contributed by atoms with Crippen LogP contribution in [-0.2, 0) is 24.4 Å². The fourth-order valence-electron chi connectivity index (χ4n) is 2.44. The number of benzene rings is 1. The Kier molecular flexibility index (Phi) is 9.12. The zero-order chi connectivity index (χ0) is 19.3. The monoisotopic (exact) mass is 374 g/mol. The van der Waals surface area contributed by atoms with Crippen LogP contribution < -0.4 is 15.4 Å². The van der Waals surface area contributed by atoms with Gasteiger partial charge in [0, 0.05) is 26.3 Å². The van der Waals surface area contributed by atoms with Crippen molar-refractivity contribution in [3.05, 3.63) is 42.0 Å². The molecule has 27 heavy (non-hydrogen) atoms. The minimum absolute atomic E-state index is 0.563. The predicted octanol–water partition coefficient (Wildman–Crippen LogP) is 1.97. The molecule has 8 nitrogen and oxygen atoms in total. The van der Waals surface area contributed by atoms with Gasteiger partial charge in [-0.05, 0) is 38.0 Å². The minimum Gasteiger partial charge on any atom is -0.497 e. The Labute approximate surface area is 161 Å². The number of methoxy groups -OCH3 is 1. The molecule has 0 amide bonds. The summed E-state index contributed by atoms with van der Waals surface area (Å²) >= 11 is 0. The highest BCUT2D eigenvalue weighted by atomic mass is 16.5. The predicted molar refractivity (Wildman–Crippen MR) is 106 cm³/mol. The third kappa shape index (κ3) is 7.26. The van der Waals surface area contributed by atoms with Gasteiger partial charge < -0.3 is 24.7 Å². The maximum atomic E-state index is 5.38. The highest BCUT2D eigenvalue weighted by molar-refractivity contribution is 5.79. The van der Waals surface area contributed by atoms with E-state index in [1.165, 1.54) is 0 Å². The van der Waals surface area contributed by atoms with E-state index in [4.69, 9.17) is 9.47 Å². The summed E-state index contributed by atoms with van der Waals surface area (Å²) in [6.07, 6.45) is 2.66. The number of aryl methyl sites for hydroxylation is 1. The van der Waals surface area contributed by atoms with Gasteiger partial charge in [-0.2, -0.15) is 0 Å². The lowest BCUT2D eigenvalue weighted by Gasteiger charge is -2.13. The number of nitrogens with zero attached hydrogens (tertiary/aromatic N) is 4. The van der Waals surface area contributed by atoms with Crippen molar-refractivity contribution in [2.45, 2.75) is 39.9 Å². The van der Waals surface area contributed by atoms with Crippen LogP contribution in [-0.4, -0.2) is 47.6 Å². The van der Waals surface area contributed by atoms with Crippen LogP contribution >= 0.6 is 0 Å². The van der Waals surface area contributed by atoms with Gasteiger partial charge in [0.1, 0.15) is 12.1 Å². The molecule has 2 N–H and O–H groups in total. The van der Waals surface area contributed by atoms with E-state index in [1.807, 2.05) is 35.8 Å². The van der Waals surface area contributed by atoms with Crippen LogP contribution in [0.25, 0.3) is 0 Å². The normalized spacial score (nSPS) is 11.4. The van der Waals surface area contributed by atoms with Crippen LogP contribution in [0.2, 0.25) is 0 Å². The Morgan fingerprint density at radius 3 is 2.70 bits per heavy atom. The lowest BCUT2D eigenvalue weighted by atomic mass is 10.2. The molecule has 0 aliphatic heterocycles. The van der Waals surface area contributed by atoms with E-state index in [9.17, 15) is 0 Å². The van der Waals surface area contributed by atoms with Crippen molar-refractivity contribution in [2.24, 2.45) is 4.99 Å². The van der Waals surface area contributed by atoms with Crippen molar-refractivity contribution >= 4 is 5.96 Å². The molecular formula is C19H30N6O2. The molecule has 2 aromatic rings. The van der Waals surface area contributed by atoms with Gasteiger partial charge in [0.15, 0.2) is 11.8 Å². The smallest absolute Gasteiger partial charge is 0.191 e. The van der Waals surface area contributed by atoms with Gasteiger partial charge in [0.25, 0.3) is 0 Å². The van der Waals surface area contributed by atoms with E-state index in [-0.39, 0.29) is 0 Å². The summed E-state index contributed by atoms with van der Waals surface area (Å²) in [6.45, 7) is 8.30. The van der Waals surface area contributed by atoms with Crippen molar-refractivity contribution in [3.63, 3.8) is 0 Å². The van der Waals surface area contributed by atoms with Crippen molar-refractivity contribution in [3.8, 4) is 5.75 Å². The molecule has 8 heteroatoms. The van der Waals surface area contributed by atoms with Gasteiger partial charge in [-0.1, -0.05) is 12.1 Å². The number of aromatic nitrogens is 3. The summed E-state index contributed by atoms with van der Waals surface area (Å²) in [5.74, 6) is 2.47. The first kappa shape index (κ1) is 20.7. The van der Waals surface area contributed by atoms with Crippen molar-refractivity contribution in [1.29, 1.82) is 0 Å². The highest BCUT2D eigenvalue weighted by Gasteiger charge is 2.05. The largest absolute Gasteiger partial charge is 0.497 e. The first-order chi connectivity index (χ1) is 13.3. The van der Waals surface area contributed by atoms with Gasteiger partial charge in [0.2, 0.25) is 0 Å². The van der Waals surface area contributed by atoms with E-state index in [1.54, 1.807) is 13.4 Å². The third-order valence-electron chi connectivity index (χ3n) is 3.99. The molecular weight excluding hydrogens is 344 g/mol. The number of hydrogen-bond donors (Lipinski definition) is 2. The van der Waals surface area contributed by atoms with E-state index in [0.29, 0.717) is 13.1 Å². The fourth-order valence-corrected chi connectivity index (χ4v) is 2.44. The van der Waals surface area contributed by atoms with Crippen molar-refractivity contribution in [1.82, 2.24) is 25.4 Å². The van der Waals surface area contributed by atoms with Gasteiger partial charge in [-0.3, -0.25) is 0 Å². The Morgan fingerprint density at radius 2 is 2.00 bits per heavy atom. The first-order valence-corrected chi connectivity index (χ1v) is 9.36. The molecule has 0 fully saturated rings. The van der Waals surface area contributed by atoms with E-state index >= 15 is 0 Å². The summed E-state index contributed by atoms with van der Waals surface area (Å²) in [4.78, 5) is 4.68. The zero-order valence-electron chi connectivity index (χ0n) is 16.4. The molecule has 1 heterocycles. The lowest BCUT2D eigenvalue weighted by Crippen LogP contribution is -2.38. The number of aliphatic imine (C=N–C) groups is 1. The van der Waals surface area contributed by atoms with Crippen LogP contribution in [0.15, 0.2) is 35.6 Å². The van der Waals surface area contributed by atoms with Gasteiger partial charge in [-0.25, -0.2) is 4.99 Å². The Bertz CT molecular complexity index is 684. The molecule has 2 rings (SSSR count). The number of ether oxygens (including phenoxy) is 2. The van der Waals surface area contributed by atoms with Gasteiger partial charge in [0.05, 0.1) is 20.2 Å². The fraction of sp³-hybridized carbons (Fsp3) is 0.526. The Hall–Kier alpha value is -2.61. The second-order valence-corrected chi connectivity index (χ2v) is 5.88. The average Bonchev–Trinajstić information content (AvgIpc) is 3.17.